The van der Waals surface area contributed by atoms with E-state index < -0.39 is 0 Å². The molecule has 0 bridgehead atoms. The van der Waals surface area contributed by atoms with Crippen LogP contribution in [0, 0.1) is 5.92 Å². The second-order valence-corrected chi connectivity index (χ2v) is 7.73. The van der Waals surface area contributed by atoms with E-state index in [0.717, 1.165) is 5.92 Å². The van der Waals surface area contributed by atoms with Crippen molar-refractivity contribution in [1.29, 1.82) is 0 Å². The Hall–Kier alpha value is -0.0800. The minimum absolute atomic E-state index is 0.381. The standard InChI is InChI=1S/C18H36N2/c1-5-17(6-2)15-20(13-9-10-16(3)4)18(14-19-17)11-7-8-12-18/h16,19H,5-15H2,1-4H3. The highest BCUT2D eigenvalue weighted by Gasteiger charge is 2.46. The van der Waals surface area contributed by atoms with Gasteiger partial charge in [-0.2, -0.15) is 0 Å². The van der Waals surface area contributed by atoms with Crippen LogP contribution in [0.4, 0.5) is 0 Å². The first-order valence-electron chi connectivity index (χ1n) is 9.06. The van der Waals surface area contributed by atoms with Crippen LogP contribution in [0.1, 0.15) is 79.1 Å². The normalized spacial score (nSPS) is 25.6. The second kappa shape index (κ2) is 6.79. The van der Waals surface area contributed by atoms with Crippen LogP contribution in [0.2, 0.25) is 0 Å². The highest BCUT2D eigenvalue weighted by Crippen LogP contribution is 2.40. The SMILES string of the molecule is CCC1(CC)CN(CCCC(C)C)C2(CCCC2)CN1. The lowest BCUT2D eigenvalue weighted by Crippen LogP contribution is -2.69. The first kappa shape index (κ1) is 16.3. The Bertz CT molecular complexity index is 288. The van der Waals surface area contributed by atoms with Gasteiger partial charge >= 0.3 is 0 Å². The summed E-state index contributed by atoms with van der Waals surface area (Å²) in [5.74, 6) is 0.847. The lowest BCUT2D eigenvalue weighted by atomic mass is 9.82. The fraction of sp³-hybridized carbons (Fsp3) is 1.00. The first-order valence-corrected chi connectivity index (χ1v) is 9.06. The average molecular weight is 280 g/mol. The van der Waals surface area contributed by atoms with E-state index in [1.165, 1.54) is 71.0 Å². The molecule has 1 spiro atoms. The summed E-state index contributed by atoms with van der Waals surface area (Å²) in [5.41, 5.74) is 0.885. The van der Waals surface area contributed by atoms with Crippen LogP contribution in [0.15, 0.2) is 0 Å². The van der Waals surface area contributed by atoms with Crippen LogP contribution >= 0.6 is 0 Å². The smallest absolute Gasteiger partial charge is 0.0334 e. The van der Waals surface area contributed by atoms with Crippen LogP contribution in [0.25, 0.3) is 0 Å². The van der Waals surface area contributed by atoms with E-state index in [4.69, 9.17) is 0 Å². The predicted octanol–water partition coefficient (Wildman–Crippen LogP) is 4.20. The van der Waals surface area contributed by atoms with Crippen LogP contribution in [0.3, 0.4) is 0 Å². The molecule has 2 rings (SSSR count). The average Bonchev–Trinajstić information content (AvgIpc) is 2.91. The molecular formula is C18H36N2. The van der Waals surface area contributed by atoms with Gasteiger partial charge in [-0.25, -0.2) is 0 Å². The topological polar surface area (TPSA) is 15.3 Å². The first-order chi connectivity index (χ1) is 9.56. The third-order valence-corrected chi connectivity index (χ3v) is 6.05. The maximum absolute atomic E-state index is 3.95. The van der Waals surface area contributed by atoms with Crippen molar-refractivity contribution < 1.29 is 0 Å². The molecule has 0 aromatic heterocycles. The number of nitrogens with one attached hydrogen (secondary N) is 1. The third kappa shape index (κ3) is 3.39. The minimum atomic E-state index is 0.381. The van der Waals surface area contributed by atoms with Gasteiger partial charge in [-0.3, -0.25) is 4.90 Å². The number of rotatable bonds is 6. The summed E-state index contributed by atoms with van der Waals surface area (Å²) in [5, 5.41) is 3.95. The highest BCUT2D eigenvalue weighted by atomic mass is 15.3. The molecule has 2 nitrogen and oxygen atoms in total. The van der Waals surface area contributed by atoms with E-state index in [1.54, 1.807) is 0 Å². The number of hydrogen-bond donors (Lipinski definition) is 1. The fourth-order valence-electron chi connectivity index (χ4n) is 4.31. The summed E-state index contributed by atoms with van der Waals surface area (Å²) in [7, 11) is 0. The molecule has 20 heavy (non-hydrogen) atoms. The summed E-state index contributed by atoms with van der Waals surface area (Å²) >= 11 is 0. The molecule has 0 atom stereocenters. The molecule has 1 N–H and O–H groups in total. The van der Waals surface area contributed by atoms with Gasteiger partial charge in [0.2, 0.25) is 0 Å². The van der Waals surface area contributed by atoms with Gasteiger partial charge in [-0.15, -0.1) is 0 Å². The molecular weight excluding hydrogens is 244 g/mol. The summed E-state index contributed by atoms with van der Waals surface area (Å²) in [6.07, 6.45) is 11.0. The summed E-state index contributed by atoms with van der Waals surface area (Å²) in [4.78, 5) is 2.89. The van der Waals surface area contributed by atoms with E-state index in [1.807, 2.05) is 0 Å². The Labute approximate surface area is 126 Å². The number of nitrogens with zero attached hydrogens (tertiary/aromatic N) is 1. The summed E-state index contributed by atoms with van der Waals surface area (Å²) < 4.78 is 0. The molecule has 1 heterocycles. The molecule has 0 unspecified atom stereocenters. The predicted molar refractivity (Wildman–Crippen MR) is 88.2 cm³/mol. The zero-order valence-corrected chi connectivity index (χ0v) is 14.3. The molecule has 2 fully saturated rings. The van der Waals surface area contributed by atoms with Crippen LogP contribution in [0.5, 0.6) is 0 Å². The van der Waals surface area contributed by atoms with Crippen molar-refractivity contribution in [2.24, 2.45) is 5.92 Å². The van der Waals surface area contributed by atoms with E-state index >= 15 is 0 Å². The Morgan fingerprint density at radius 1 is 1.10 bits per heavy atom. The van der Waals surface area contributed by atoms with Gasteiger partial charge < -0.3 is 5.32 Å². The van der Waals surface area contributed by atoms with E-state index in [2.05, 4.69) is 37.9 Å². The summed E-state index contributed by atoms with van der Waals surface area (Å²) in [6, 6.07) is 0. The molecule has 0 amide bonds. The van der Waals surface area contributed by atoms with Crippen molar-refractivity contribution in [2.45, 2.75) is 90.1 Å². The Balaban J connectivity index is 2.03. The van der Waals surface area contributed by atoms with Crippen molar-refractivity contribution in [2.75, 3.05) is 19.6 Å². The molecule has 2 aliphatic rings. The van der Waals surface area contributed by atoms with Crippen LogP contribution < -0.4 is 5.32 Å². The molecule has 0 aromatic rings. The molecule has 2 heteroatoms. The zero-order valence-electron chi connectivity index (χ0n) is 14.3. The van der Waals surface area contributed by atoms with Crippen molar-refractivity contribution in [1.82, 2.24) is 10.2 Å². The van der Waals surface area contributed by atoms with Crippen molar-refractivity contribution >= 4 is 0 Å². The molecule has 1 saturated heterocycles. The van der Waals surface area contributed by atoms with Crippen LogP contribution in [-0.4, -0.2) is 35.6 Å². The van der Waals surface area contributed by atoms with Crippen molar-refractivity contribution in [3.05, 3.63) is 0 Å². The quantitative estimate of drug-likeness (QED) is 0.784. The molecule has 1 aliphatic carbocycles. The van der Waals surface area contributed by atoms with Gasteiger partial charge in [-0.1, -0.05) is 40.5 Å². The van der Waals surface area contributed by atoms with Crippen LogP contribution in [-0.2, 0) is 0 Å². The van der Waals surface area contributed by atoms with Gasteiger partial charge in [0.25, 0.3) is 0 Å². The molecule has 0 aromatic carbocycles. The van der Waals surface area contributed by atoms with E-state index in [0.29, 0.717) is 11.1 Å². The monoisotopic (exact) mass is 280 g/mol. The maximum Gasteiger partial charge on any atom is 0.0334 e. The number of piperazine rings is 1. The van der Waals surface area contributed by atoms with Gasteiger partial charge in [-0.05, 0) is 51.0 Å². The lowest BCUT2D eigenvalue weighted by Gasteiger charge is -2.53. The Kier molecular flexibility index (Phi) is 5.53. The number of hydrogen-bond acceptors (Lipinski definition) is 2. The maximum atomic E-state index is 3.95. The van der Waals surface area contributed by atoms with Gasteiger partial charge in [0.1, 0.15) is 0 Å². The molecule has 0 radical (unpaired) electrons. The van der Waals surface area contributed by atoms with Gasteiger partial charge in [0.05, 0.1) is 0 Å². The Morgan fingerprint density at radius 2 is 1.75 bits per heavy atom. The second-order valence-electron chi connectivity index (χ2n) is 7.73. The zero-order chi connectivity index (χ0) is 14.6. The summed E-state index contributed by atoms with van der Waals surface area (Å²) in [6.45, 7) is 13.2. The molecule has 1 saturated carbocycles. The Morgan fingerprint density at radius 3 is 2.30 bits per heavy atom. The van der Waals surface area contributed by atoms with Gasteiger partial charge in [0, 0.05) is 24.2 Å². The van der Waals surface area contributed by atoms with Gasteiger partial charge in [0.15, 0.2) is 0 Å². The minimum Gasteiger partial charge on any atom is -0.308 e. The highest BCUT2D eigenvalue weighted by molar-refractivity contribution is 5.06. The molecule has 1 aliphatic heterocycles. The largest absolute Gasteiger partial charge is 0.308 e. The van der Waals surface area contributed by atoms with Crippen molar-refractivity contribution in [3.63, 3.8) is 0 Å². The lowest BCUT2D eigenvalue weighted by molar-refractivity contribution is 0.00271. The van der Waals surface area contributed by atoms with E-state index in [9.17, 15) is 0 Å². The molecule has 118 valence electrons. The fourth-order valence-corrected chi connectivity index (χ4v) is 4.31. The van der Waals surface area contributed by atoms with Crippen molar-refractivity contribution in [3.8, 4) is 0 Å². The van der Waals surface area contributed by atoms with E-state index in [-0.39, 0.29) is 0 Å². The third-order valence-electron chi connectivity index (χ3n) is 6.05.